The molecule has 0 unspecified atom stereocenters. The third-order valence-electron chi connectivity index (χ3n) is 4.44. The summed E-state index contributed by atoms with van der Waals surface area (Å²) in [5.41, 5.74) is 1.76. The fourth-order valence-corrected chi connectivity index (χ4v) is 3.82. The standard InChI is InChI=1S/C19H22N6OS/c1-3-24-18(14-9-10-14)21-22-19(24)27-12-17(26)20-16-11-13(2)23-25(16)15-7-5-4-6-8-15/h4-8,11,14H,3,9-10,12H2,1-2H3,(H,20,26). The number of hydrogen-bond acceptors (Lipinski definition) is 5. The molecule has 4 rings (SSSR count). The van der Waals surface area contributed by atoms with Crippen molar-refractivity contribution in [2.24, 2.45) is 0 Å². The molecule has 0 saturated heterocycles. The van der Waals surface area contributed by atoms with Gasteiger partial charge in [-0.15, -0.1) is 10.2 Å². The number of rotatable bonds is 7. The van der Waals surface area contributed by atoms with Gasteiger partial charge in [0.15, 0.2) is 5.16 Å². The summed E-state index contributed by atoms with van der Waals surface area (Å²) < 4.78 is 3.87. The fourth-order valence-electron chi connectivity index (χ4n) is 3.01. The van der Waals surface area contributed by atoms with Gasteiger partial charge < -0.3 is 9.88 Å². The number of anilines is 1. The van der Waals surface area contributed by atoms with Crippen molar-refractivity contribution in [3.05, 3.63) is 47.9 Å². The Morgan fingerprint density at radius 3 is 2.74 bits per heavy atom. The van der Waals surface area contributed by atoms with Gasteiger partial charge in [-0.05, 0) is 38.8 Å². The molecule has 1 aliphatic rings. The monoisotopic (exact) mass is 382 g/mol. The Labute approximate surface area is 162 Å². The van der Waals surface area contributed by atoms with Crippen LogP contribution in [0.5, 0.6) is 0 Å². The van der Waals surface area contributed by atoms with Crippen molar-refractivity contribution in [3.8, 4) is 5.69 Å². The number of nitrogens with zero attached hydrogens (tertiary/aromatic N) is 5. The highest BCUT2D eigenvalue weighted by atomic mass is 32.2. The van der Waals surface area contributed by atoms with Crippen molar-refractivity contribution >= 4 is 23.5 Å². The average Bonchev–Trinajstić information content (AvgIpc) is 3.34. The maximum atomic E-state index is 12.5. The van der Waals surface area contributed by atoms with E-state index >= 15 is 0 Å². The first kappa shape index (κ1) is 17.8. The fraction of sp³-hybridized carbons (Fsp3) is 0.368. The van der Waals surface area contributed by atoms with E-state index in [0.717, 1.165) is 28.9 Å². The van der Waals surface area contributed by atoms with E-state index in [-0.39, 0.29) is 11.7 Å². The Morgan fingerprint density at radius 1 is 1.26 bits per heavy atom. The highest BCUT2D eigenvalue weighted by molar-refractivity contribution is 7.99. The van der Waals surface area contributed by atoms with E-state index < -0.39 is 0 Å². The molecular weight excluding hydrogens is 360 g/mol. The largest absolute Gasteiger partial charge is 0.310 e. The van der Waals surface area contributed by atoms with Crippen molar-refractivity contribution in [1.82, 2.24) is 24.5 Å². The first-order valence-corrected chi connectivity index (χ1v) is 10.1. The van der Waals surface area contributed by atoms with E-state index in [1.165, 1.54) is 24.6 Å². The first-order valence-electron chi connectivity index (χ1n) is 9.13. The minimum atomic E-state index is -0.0873. The van der Waals surface area contributed by atoms with Crippen molar-refractivity contribution in [3.63, 3.8) is 0 Å². The Hall–Kier alpha value is -2.61. The van der Waals surface area contributed by atoms with Crippen LogP contribution < -0.4 is 5.32 Å². The molecule has 2 heterocycles. The smallest absolute Gasteiger partial charge is 0.236 e. The van der Waals surface area contributed by atoms with E-state index in [4.69, 9.17) is 0 Å². The second-order valence-electron chi connectivity index (χ2n) is 6.61. The van der Waals surface area contributed by atoms with Crippen molar-refractivity contribution in [2.75, 3.05) is 11.1 Å². The van der Waals surface area contributed by atoms with E-state index in [9.17, 15) is 4.79 Å². The number of amides is 1. The molecule has 7 nitrogen and oxygen atoms in total. The maximum Gasteiger partial charge on any atom is 0.236 e. The van der Waals surface area contributed by atoms with Gasteiger partial charge >= 0.3 is 0 Å². The van der Waals surface area contributed by atoms with Gasteiger partial charge in [0.1, 0.15) is 11.6 Å². The number of thioether (sulfide) groups is 1. The minimum Gasteiger partial charge on any atom is -0.310 e. The van der Waals surface area contributed by atoms with Gasteiger partial charge in [-0.3, -0.25) is 4.79 Å². The van der Waals surface area contributed by atoms with Crippen molar-refractivity contribution in [2.45, 2.75) is 44.3 Å². The molecule has 0 aliphatic heterocycles. The van der Waals surface area contributed by atoms with Crippen LogP contribution in [0.1, 0.15) is 37.2 Å². The average molecular weight is 382 g/mol. The van der Waals surface area contributed by atoms with E-state index in [0.29, 0.717) is 11.7 Å². The summed E-state index contributed by atoms with van der Waals surface area (Å²) in [6.07, 6.45) is 2.37. The van der Waals surface area contributed by atoms with Gasteiger partial charge in [0, 0.05) is 18.5 Å². The zero-order chi connectivity index (χ0) is 18.8. The van der Waals surface area contributed by atoms with Gasteiger partial charge in [-0.2, -0.15) is 5.10 Å². The van der Waals surface area contributed by atoms with Crippen LogP contribution in [-0.2, 0) is 11.3 Å². The van der Waals surface area contributed by atoms with E-state index in [1.807, 2.05) is 43.3 Å². The summed E-state index contributed by atoms with van der Waals surface area (Å²) >= 11 is 1.42. The number of carbonyl (C=O) groups excluding carboxylic acids is 1. The predicted octanol–water partition coefficient (Wildman–Crippen LogP) is 3.40. The molecule has 1 aliphatic carbocycles. The summed E-state index contributed by atoms with van der Waals surface area (Å²) in [7, 11) is 0. The highest BCUT2D eigenvalue weighted by Crippen LogP contribution is 2.39. The van der Waals surface area contributed by atoms with Gasteiger partial charge in [-0.25, -0.2) is 4.68 Å². The highest BCUT2D eigenvalue weighted by Gasteiger charge is 2.30. The van der Waals surface area contributed by atoms with Crippen LogP contribution in [0.3, 0.4) is 0 Å². The molecule has 3 aromatic rings. The molecule has 8 heteroatoms. The number of aryl methyl sites for hydroxylation is 1. The summed E-state index contributed by atoms with van der Waals surface area (Å²) in [5, 5.41) is 16.8. The second kappa shape index (κ2) is 7.56. The first-order chi connectivity index (χ1) is 13.2. The lowest BCUT2D eigenvalue weighted by atomic mass is 10.3. The topological polar surface area (TPSA) is 77.6 Å². The van der Waals surface area contributed by atoms with Crippen LogP contribution in [0.15, 0.2) is 41.6 Å². The van der Waals surface area contributed by atoms with Crippen LogP contribution in [0.2, 0.25) is 0 Å². The molecule has 0 spiro atoms. The van der Waals surface area contributed by atoms with Crippen LogP contribution in [-0.4, -0.2) is 36.2 Å². The summed E-state index contributed by atoms with van der Waals surface area (Å²) in [5.74, 6) is 2.46. The van der Waals surface area contributed by atoms with Gasteiger partial charge in [0.05, 0.1) is 17.1 Å². The molecule has 1 aromatic carbocycles. The Kier molecular flexibility index (Phi) is 4.98. The zero-order valence-electron chi connectivity index (χ0n) is 15.4. The lowest BCUT2D eigenvalue weighted by Crippen LogP contribution is -2.17. The number of carbonyl (C=O) groups is 1. The molecule has 1 amide bonds. The van der Waals surface area contributed by atoms with Crippen LogP contribution in [0.4, 0.5) is 5.82 Å². The number of para-hydroxylation sites is 1. The molecule has 1 saturated carbocycles. The van der Waals surface area contributed by atoms with Crippen LogP contribution >= 0.6 is 11.8 Å². The predicted molar refractivity (Wildman–Crippen MR) is 105 cm³/mol. The van der Waals surface area contributed by atoms with Gasteiger partial charge in [-0.1, -0.05) is 30.0 Å². The molecule has 1 N–H and O–H groups in total. The molecule has 2 aromatic heterocycles. The normalized spacial score (nSPS) is 13.7. The summed E-state index contributed by atoms with van der Waals surface area (Å²) in [6.45, 7) is 4.82. The Bertz CT molecular complexity index is 945. The van der Waals surface area contributed by atoms with Gasteiger partial charge in [0.25, 0.3) is 0 Å². The molecule has 0 atom stereocenters. The molecule has 0 bridgehead atoms. The van der Waals surface area contributed by atoms with E-state index in [1.54, 1.807) is 4.68 Å². The molecule has 1 fully saturated rings. The lowest BCUT2D eigenvalue weighted by molar-refractivity contribution is -0.113. The number of hydrogen-bond donors (Lipinski definition) is 1. The van der Waals surface area contributed by atoms with Crippen LogP contribution in [0, 0.1) is 6.92 Å². The summed E-state index contributed by atoms with van der Waals surface area (Å²) in [4.78, 5) is 12.5. The maximum absolute atomic E-state index is 12.5. The molecule has 27 heavy (non-hydrogen) atoms. The Balaban J connectivity index is 1.43. The zero-order valence-corrected chi connectivity index (χ0v) is 16.2. The van der Waals surface area contributed by atoms with Crippen LogP contribution in [0.25, 0.3) is 5.69 Å². The molecule has 0 radical (unpaired) electrons. The molecule has 140 valence electrons. The van der Waals surface area contributed by atoms with Crippen molar-refractivity contribution < 1.29 is 4.79 Å². The number of aromatic nitrogens is 5. The van der Waals surface area contributed by atoms with Gasteiger partial charge in [0.2, 0.25) is 5.91 Å². The van der Waals surface area contributed by atoms with Crippen molar-refractivity contribution in [1.29, 1.82) is 0 Å². The third-order valence-corrected chi connectivity index (χ3v) is 5.40. The van der Waals surface area contributed by atoms with E-state index in [2.05, 4.69) is 32.1 Å². The number of benzene rings is 1. The molecular formula is C19H22N6OS. The minimum absolute atomic E-state index is 0.0873. The second-order valence-corrected chi connectivity index (χ2v) is 7.56. The third kappa shape index (κ3) is 3.90. The lowest BCUT2D eigenvalue weighted by Gasteiger charge is -2.09. The quantitative estimate of drug-likeness (QED) is 0.634. The summed E-state index contributed by atoms with van der Waals surface area (Å²) in [6, 6.07) is 11.6. The SMILES string of the molecule is CCn1c(SCC(=O)Nc2cc(C)nn2-c2ccccc2)nnc1C1CC1. The number of nitrogens with one attached hydrogen (secondary N) is 1. The Morgan fingerprint density at radius 2 is 2.04 bits per heavy atom.